The Bertz CT molecular complexity index is 1170. The molecule has 3 aromatic rings. The molecular formula is C26H28N4O3. The summed E-state index contributed by atoms with van der Waals surface area (Å²) in [5.41, 5.74) is 4.41. The average molecular weight is 445 g/mol. The van der Waals surface area contributed by atoms with Gasteiger partial charge in [0, 0.05) is 36.5 Å². The second-order valence-corrected chi connectivity index (χ2v) is 8.59. The Balaban J connectivity index is 1.59. The highest BCUT2D eigenvalue weighted by Crippen LogP contribution is 2.32. The van der Waals surface area contributed by atoms with Gasteiger partial charge in [-0.05, 0) is 29.2 Å². The molecule has 0 aliphatic carbocycles. The summed E-state index contributed by atoms with van der Waals surface area (Å²) >= 11 is 0. The predicted octanol–water partition coefficient (Wildman–Crippen LogP) is 3.42. The summed E-state index contributed by atoms with van der Waals surface area (Å²) in [4.78, 5) is 37.7. The maximum Gasteiger partial charge on any atom is 0.253 e. The molecule has 0 fully saturated rings. The van der Waals surface area contributed by atoms with E-state index in [4.69, 9.17) is 10.1 Å². The van der Waals surface area contributed by atoms with Crippen LogP contribution in [0.15, 0.2) is 54.7 Å². The second kappa shape index (κ2) is 9.50. The largest absolute Gasteiger partial charge is 0.395 e. The number of amides is 2. The van der Waals surface area contributed by atoms with Crippen LogP contribution in [0.4, 0.5) is 5.82 Å². The zero-order chi connectivity index (χ0) is 23.5. The lowest BCUT2D eigenvalue weighted by molar-refractivity contribution is -0.117. The van der Waals surface area contributed by atoms with Crippen molar-refractivity contribution < 1.29 is 14.7 Å². The van der Waals surface area contributed by atoms with Gasteiger partial charge in [0.1, 0.15) is 5.82 Å². The summed E-state index contributed by atoms with van der Waals surface area (Å²) in [6.45, 7) is 4.84. The standard InChI is InChI=1S/C26H28N4O3/c1-17(2)21-6-4-5-7-22(21)24-27-15-20-14-23(32)30(25(20)28-24)16-18-8-10-19(11-9-18)26(33)29(3)12-13-31/h4-11,15,17,31H,12-14,16H2,1-3H3. The first-order valence-electron chi connectivity index (χ1n) is 11.1. The van der Waals surface area contributed by atoms with Crippen molar-refractivity contribution in [1.29, 1.82) is 0 Å². The molecule has 0 saturated heterocycles. The van der Waals surface area contributed by atoms with Crippen LogP contribution >= 0.6 is 0 Å². The molecule has 2 amide bonds. The number of hydrogen-bond donors (Lipinski definition) is 1. The fraction of sp³-hybridized carbons (Fsp3) is 0.308. The highest BCUT2D eigenvalue weighted by Gasteiger charge is 2.30. The van der Waals surface area contributed by atoms with Crippen molar-refractivity contribution in [3.05, 3.63) is 77.0 Å². The summed E-state index contributed by atoms with van der Waals surface area (Å²) in [6.07, 6.45) is 2.04. The fourth-order valence-electron chi connectivity index (χ4n) is 4.04. The van der Waals surface area contributed by atoms with Gasteiger partial charge in [-0.3, -0.25) is 14.5 Å². The van der Waals surface area contributed by atoms with Crippen molar-refractivity contribution in [2.75, 3.05) is 25.1 Å². The van der Waals surface area contributed by atoms with Crippen LogP contribution in [0.25, 0.3) is 11.4 Å². The Morgan fingerprint density at radius 3 is 2.58 bits per heavy atom. The van der Waals surface area contributed by atoms with E-state index in [-0.39, 0.29) is 31.4 Å². The van der Waals surface area contributed by atoms with E-state index in [0.29, 0.717) is 29.7 Å². The van der Waals surface area contributed by atoms with Crippen molar-refractivity contribution in [2.24, 2.45) is 0 Å². The number of anilines is 1. The molecule has 1 N–H and O–H groups in total. The number of aliphatic hydroxyl groups excluding tert-OH is 1. The molecule has 1 aliphatic heterocycles. The smallest absolute Gasteiger partial charge is 0.253 e. The molecule has 7 nitrogen and oxygen atoms in total. The van der Waals surface area contributed by atoms with Crippen LogP contribution < -0.4 is 4.90 Å². The molecule has 7 heteroatoms. The Morgan fingerprint density at radius 2 is 1.88 bits per heavy atom. The Labute approximate surface area is 193 Å². The van der Waals surface area contributed by atoms with E-state index in [1.807, 2.05) is 30.3 Å². The third-order valence-corrected chi connectivity index (χ3v) is 5.89. The van der Waals surface area contributed by atoms with Gasteiger partial charge in [0.05, 0.1) is 19.6 Å². The third kappa shape index (κ3) is 4.64. The van der Waals surface area contributed by atoms with Gasteiger partial charge in [0.15, 0.2) is 5.82 Å². The molecule has 33 heavy (non-hydrogen) atoms. The first-order valence-corrected chi connectivity index (χ1v) is 11.1. The second-order valence-electron chi connectivity index (χ2n) is 8.59. The van der Waals surface area contributed by atoms with Crippen molar-refractivity contribution in [3.8, 4) is 11.4 Å². The summed E-state index contributed by atoms with van der Waals surface area (Å²) in [5, 5.41) is 9.03. The van der Waals surface area contributed by atoms with Crippen LogP contribution in [0.1, 0.15) is 46.8 Å². The van der Waals surface area contributed by atoms with Gasteiger partial charge in [0.2, 0.25) is 5.91 Å². The summed E-state index contributed by atoms with van der Waals surface area (Å²) in [5.74, 6) is 1.42. The van der Waals surface area contributed by atoms with Crippen LogP contribution in [0.5, 0.6) is 0 Å². The number of aromatic nitrogens is 2. The van der Waals surface area contributed by atoms with E-state index in [2.05, 4.69) is 24.9 Å². The van der Waals surface area contributed by atoms with Crippen LogP contribution in [-0.4, -0.2) is 52.0 Å². The quantitative estimate of drug-likeness (QED) is 0.603. The van der Waals surface area contributed by atoms with E-state index in [1.165, 1.54) is 10.5 Å². The lowest BCUT2D eigenvalue weighted by Gasteiger charge is -2.19. The highest BCUT2D eigenvalue weighted by atomic mass is 16.3. The van der Waals surface area contributed by atoms with Crippen molar-refractivity contribution in [1.82, 2.24) is 14.9 Å². The number of carbonyl (C=O) groups is 2. The molecule has 0 saturated carbocycles. The summed E-state index contributed by atoms with van der Waals surface area (Å²) < 4.78 is 0. The normalized spacial score (nSPS) is 12.9. The number of fused-ring (bicyclic) bond motifs is 1. The van der Waals surface area contributed by atoms with Crippen molar-refractivity contribution >= 4 is 17.6 Å². The minimum atomic E-state index is -0.153. The number of benzene rings is 2. The molecule has 1 aliphatic rings. The number of aliphatic hydroxyl groups is 1. The van der Waals surface area contributed by atoms with Gasteiger partial charge in [-0.15, -0.1) is 0 Å². The first-order chi connectivity index (χ1) is 15.9. The molecule has 2 heterocycles. The molecule has 0 spiro atoms. The maximum atomic E-state index is 12.8. The average Bonchev–Trinajstić information content (AvgIpc) is 3.13. The van der Waals surface area contributed by atoms with Gasteiger partial charge < -0.3 is 10.0 Å². The lowest BCUT2D eigenvalue weighted by atomic mass is 9.97. The van der Waals surface area contributed by atoms with Gasteiger partial charge in [-0.2, -0.15) is 0 Å². The highest BCUT2D eigenvalue weighted by molar-refractivity contribution is 6.00. The van der Waals surface area contributed by atoms with Gasteiger partial charge in [-0.1, -0.05) is 50.2 Å². The Hall–Kier alpha value is -3.58. The molecular weight excluding hydrogens is 416 g/mol. The van der Waals surface area contributed by atoms with Crippen LogP contribution in [-0.2, 0) is 17.8 Å². The van der Waals surface area contributed by atoms with E-state index < -0.39 is 0 Å². The topological polar surface area (TPSA) is 86.6 Å². The van der Waals surface area contributed by atoms with Crippen molar-refractivity contribution in [2.45, 2.75) is 32.7 Å². The summed E-state index contributed by atoms with van der Waals surface area (Å²) in [6, 6.07) is 15.3. The number of nitrogens with zero attached hydrogens (tertiary/aromatic N) is 4. The summed E-state index contributed by atoms with van der Waals surface area (Å²) in [7, 11) is 1.65. The molecule has 0 bridgehead atoms. The van der Waals surface area contributed by atoms with Gasteiger partial charge in [0.25, 0.3) is 5.91 Å². The molecule has 4 rings (SSSR count). The SMILES string of the molecule is CC(C)c1ccccc1-c1ncc2c(n1)N(Cc1ccc(C(=O)N(C)CCO)cc1)C(=O)C2. The number of likely N-dealkylation sites (N-methyl/N-ethyl adjacent to an activating group) is 1. The molecule has 1 aromatic heterocycles. The van der Waals surface area contributed by atoms with Crippen LogP contribution in [0.3, 0.4) is 0 Å². The zero-order valence-electron chi connectivity index (χ0n) is 19.2. The number of rotatable bonds is 7. The van der Waals surface area contributed by atoms with Crippen LogP contribution in [0.2, 0.25) is 0 Å². The van der Waals surface area contributed by atoms with E-state index >= 15 is 0 Å². The lowest BCUT2D eigenvalue weighted by Crippen LogP contribution is -2.29. The Kier molecular flexibility index (Phi) is 6.51. The fourth-order valence-corrected chi connectivity index (χ4v) is 4.04. The molecule has 2 aromatic carbocycles. The van der Waals surface area contributed by atoms with Gasteiger partial charge in [-0.25, -0.2) is 9.97 Å². The molecule has 0 unspecified atom stereocenters. The molecule has 0 atom stereocenters. The monoisotopic (exact) mass is 444 g/mol. The van der Waals surface area contributed by atoms with Crippen molar-refractivity contribution in [3.63, 3.8) is 0 Å². The van der Waals surface area contributed by atoms with Crippen LogP contribution in [0, 0.1) is 0 Å². The van der Waals surface area contributed by atoms with E-state index in [9.17, 15) is 9.59 Å². The molecule has 170 valence electrons. The number of hydrogen-bond acceptors (Lipinski definition) is 5. The third-order valence-electron chi connectivity index (χ3n) is 5.89. The minimum absolute atomic E-state index is 0.0172. The zero-order valence-corrected chi connectivity index (χ0v) is 19.2. The number of carbonyl (C=O) groups excluding carboxylic acids is 2. The Morgan fingerprint density at radius 1 is 1.15 bits per heavy atom. The predicted molar refractivity (Wildman–Crippen MR) is 127 cm³/mol. The van der Waals surface area contributed by atoms with Gasteiger partial charge >= 0.3 is 0 Å². The van der Waals surface area contributed by atoms with E-state index in [1.54, 1.807) is 30.3 Å². The molecule has 0 radical (unpaired) electrons. The van der Waals surface area contributed by atoms with E-state index in [0.717, 1.165) is 16.7 Å². The maximum absolute atomic E-state index is 12.8. The minimum Gasteiger partial charge on any atom is -0.395 e. The first kappa shape index (κ1) is 22.6.